The molecular formula is C18H24N4O3. The third kappa shape index (κ3) is 2.86. The van der Waals surface area contributed by atoms with E-state index in [1.807, 2.05) is 11.8 Å². The zero-order valence-corrected chi connectivity index (χ0v) is 14.8. The van der Waals surface area contributed by atoms with E-state index in [0.29, 0.717) is 30.3 Å². The van der Waals surface area contributed by atoms with Crippen molar-refractivity contribution in [3.63, 3.8) is 0 Å². The molecule has 2 aliphatic rings. The predicted molar refractivity (Wildman–Crippen MR) is 93.9 cm³/mol. The van der Waals surface area contributed by atoms with Crippen molar-refractivity contribution in [2.75, 3.05) is 37.7 Å². The molecule has 25 heavy (non-hydrogen) atoms. The molecule has 2 aliphatic heterocycles. The van der Waals surface area contributed by atoms with Crippen molar-refractivity contribution in [1.29, 1.82) is 0 Å². The maximum atomic E-state index is 13.3. The molecule has 0 bridgehead atoms. The summed E-state index contributed by atoms with van der Waals surface area (Å²) in [6, 6.07) is 0.252. The van der Waals surface area contributed by atoms with E-state index in [2.05, 4.69) is 21.8 Å². The second-order valence-corrected chi connectivity index (χ2v) is 6.85. The number of hydrogen-bond acceptors (Lipinski definition) is 6. The van der Waals surface area contributed by atoms with Crippen molar-refractivity contribution in [3.05, 3.63) is 17.7 Å². The van der Waals surface area contributed by atoms with E-state index in [4.69, 9.17) is 9.15 Å². The number of aromatic nitrogens is 2. The number of amides is 1. The number of fused-ring (bicyclic) bond motifs is 1. The van der Waals surface area contributed by atoms with Crippen LogP contribution in [0.5, 0.6) is 0 Å². The first-order valence-corrected chi connectivity index (χ1v) is 9.04. The van der Waals surface area contributed by atoms with Crippen LogP contribution in [-0.4, -0.2) is 59.7 Å². The minimum atomic E-state index is 0.0350. The normalized spacial score (nSPS) is 21.8. The minimum absolute atomic E-state index is 0.0350. The summed E-state index contributed by atoms with van der Waals surface area (Å²) in [6.07, 6.45) is 4.79. The highest BCUT2D eigenvalue weighted by Crippen LogP contribution is 2.33. The van der Waals surface area contributed by atoms with E-state index in [1.54, 1.807) is 0 Å². The Morgan fingerprint density at radius 1 is 1.20 bits per heavy atom. The Hall–Kier alpha value is -2.15. The Bertz CT molecular complexity index is 782. The van der Waals surface area contributed by atoms with Crippen molar-refractivity contribution in [2.45, 2.75) is 39.2 Å². The van der Waals surface area contributed by atoms with Gasteiger partial charge in [0.2, 0.25) is 5.71 Å². The molecule has 4 rings (SSSR count). The molecule has 0 spiro atoms. The van der Waals surface area contributed by atoms with Crippen molar-refractivity contribution in [1.82, 2.24) is 14.9 Å². The second kappa shape index (κ2) is 6.63. The Balaban J connectivity index is 1.80. The summed E-state index contributed by atoms with van der Waals surface area (Å²) in [4.78, 5) is 26.2. The number of ether oxygens (including phenoxy) is 1. The lowest BCUT2D eigenvalue weighted by atomic mass is 10.0. The van der Waals surface area contributed by atoms with Crippen LogP contribution in [0.2, 0.25) is 0 Å². The topological polar surface area (TPSA) is 71.7 Å². The van der Waals surface area contributed by atoms with Gasteiger partial charge in [0.15, 0.2) is 0 Å². The predicted octanol–water partition coefficient (Wildman–Crippen LogP) is 2.38. The Kier molecular flexibility index (Phi) is 4.33. The Labute approximate surface area is 147 Å². The number of rotatable bonds is 2. The van der Waals surface area contributed by atoms with Gasteiger partial charge in [0, 0.05) is 25.7 Å². The van der Waals surface area contributed by atoms with Gasteiger partial charge >= 0.3 is 0 Å². The molecule has 2 saturated heterocycles. The summed E-state index contributed by atoms with van der Waals surface area (Å²) in [7, 11) is 0. The summed E-state index contributed by atoms with van der Waals surface area (Å²) in [5.74, 6) is 1.43. The molecule has 4 heterocycles. The second-order valence-electron chi connectivity index (χ2n) is 6.85. The summed E-state index contributed by atoms with van der Waals surface area (Å²) < 4.78 is 11.3. The van der Waals surface area contributed by atoms with E-state index in [0.717, 1.165) is 43.7 Å². The average Bonchev–Trinajstić information content (AvgIpc) is 2.98. The van der Waals surface area contributed by atoms with Crippen LogP contribution in [0.25, 0.3) is 11.1 Å². The summed E-state index contributed by atoms with van der Waals surface area (Å²) in [6.45, 7) is 7.59. The zero-order valence-electron chi connectivity index (χ0n) is 14.8. The van der Waals surface area contributed by atoms with Gasteiger partial charge in [0.1, 0.15) is 17.9 Å². The number of aryl methyl sites for hydroxylation is 1. The van der Waals surface area contributed by atoms with Gasteiger partial charge < -0.3 is 19.0 Å². The van der Waals surface area contributed by atoms with Crippen molar-refractivity contribution in [3.8, 4) is 0 Å². The third-order valence-corrected chi connectivity index (χ3v) is 5.23. The highest BCUT2D eigenvalue weighted by molar-refractivity contribution is 6.10. The first-order valence-electron chi connectivity index (χ1n) is 9.04. The fourth-order valence-corrected chi connectivity index (χ4v) is 3.84. The third-order valence-electron chi connectivity index (χ3n) is 5.23. The van der Waals surface area contributed by atoms with Crippen LogP contribution in [0, 0.1) is 6.92 Å². The van der Waals surface area contributed by atoms with Gasteiger partial charge in [0.05, 0.1) is 24.2 Å². The Morgan fingerprint density at radius 3 is 2.76 bits per heavy atom. The number of anilines is 1. The van der Waals surface area contributed by atoms with Crippen molar-refractivity contribution >= 4 is 22.8 Å². The zero-order chi connectivity index (χ0) is 17.4. The standard InChI is InChI=1S/C18H24N4O3/c1-12-5-3-4-6-22(12)18(23)14-13(2)25-17-15(14)16(19-11-20-17)21-7-9-24-10-8-21/h11-12H,3-10H2,1-2H3. The lowest BCUT2D eigenvalue weighted by molar-refractivity contribution is 0.0635. The van der Waals surface area contributed by atoms with Crippen LogP contribution in [0.15, 0.2) is 10.7 Å². The number of morpholine rings is 1. The molecule has 7 heteroatoms. The number of piperidine rings is 1. The molecule has 2 aromatic heterocycles. The van der Waals surface area contributed by atoms with Gasteiger partial charge in [-0.05, 0) is 33.1 Å². The maximum absolute atomic E-state index is 13.3. The van der Waals surface area contributed by atoms with Gasteiger partial charge in [0.25, 0.3) is 5.91 Å². The maximum Gasteiger partial charge on any atom is 0.258 e. The highest BCUT2D eigenvalue weighted by Gasteiger charge is 2.31. The SMILES string of the molecule is Cc1oc2ncnc(N3CCOCC3)c2c1C(=O)N1CCCCC1C. The van der Waals surface area contributed by atoms with Gasteiger partial charge in [-0.25, -0.2) is 9.97 Å². The van der Waals surface area contributed by atoms with Crippen LogP contribution in [0.1, 0.15) is 42.3 Å². The van der Waals surface area contributed by atoms with E-state index in [9.17, 15) is 4.79 Å². The van der Waals surface area contributed by atoms with Gasteiger partial charge in [-0.1, -0.05) is 0 Å². The van der Waals surface area contributed by atoms with E-state index in [-0.39, 0.29) is 11.9 Å². The molecule has 1 atom stereocenters. The molecule has 0 radical (unpaired) electrons. The summed E-state index contributed by atoms with van der Waals surface area (Å²) in [5, 5.41) is 0.740. The molecule has 1 amide bonds. The number of nitrogens with zero attached hydrogens (tertiary/aromatic N) is 4. The van der Waals surface area contributed by atoms with Crippen LogP contribution in [0.4, 0.5) is 5.82 Å². The smallest absolute Gasteiger partial charge is 0.258 e. The molecule has 134 valence electrons. The number of carbonyl (C=O) groups excluding carboxylic acids is 1. The highest BCUT2D eigenvalue weighted by atomic mass is 16.5. The molecule has 0 aromatic carbocycles. The minimum Gasteiger partial charge on any atom is -0.442 e. The first-order chi connectivity index (χ1) is 12.2. The molecule has 0 N–H and O–H groups in total. The van der Waals surface area contributed by atoms with Crippen molar-refractivity contribution < 1.29 is 13.9 Å². The lowest BCUT2D eigenvalue weighted by Gasteiger charge is -2.33. The average molecular weight is 344 g/mol. The van der Waals surface area contributed by atoms with Crippen LogP contribution >= 0.6 is 0 Å². The monoisotopic (exact) mass is 344 g/mol. The van der Waals surface area contributed by atoms with E-state index >= 15 is 0 Å². The quantitative estimate of drug-likeness (QED) is 0.833. The lowest BCUT2D eigenvalue weighted by Crippen LogP contribution is -2.42. The van der Waals surface area contributed by atoms with Crippen LogP contribution in [-0.2, 0) is 4.74 Å². The van der Waals surface area contributed by atoms with Gasteiger partial charge in [-0.2, -0.15) is 0 Å². The van der Waals surface area contributed by atoms with Crippen LogP contribution < -0.4 is 4.90 Å². The van der Waals surface area contributed by atoms with Crippen LogP contribution in [0.3, 0.4) is 0 Å². The molecule has 0 saturated carbocycles. The Morgan fingerprint density at radius 2 is 2.00 bits per heavy atom. The van der Waals surface area contributed by atoms with E-state index < -0.39 is 0 Å². The van der Waals surface area contributed by atoms with Gasteiger partial charge in [-0.3, -0.25) is 4.79 Å². The molecule has 2 fully saturated rings. The molecule has 2 aromatic rings. The summed E-state index contributed by atoms with van der Waals surface area (Å²) in [5.41, 5.74) is 1.10. The summed E-state index contributed by atoms with van der Waals surface area (Å²) >= 11 is 0. The van der Waals surface area contributed by atoms with Crippen molar-refractivity contribution in [2.24, 2.45) is 0 Å². The number of hydrogen-bond donors (Lipinski definition) is 0. The molecule has 0 aliphatic carbocycles. The molecule has 7 nitrogen and oxygen atoms in total. The first kappa shape index (κ1) is 16.3. The number of likely N-dealkylation sites (tertiary alicyclic amines) is 1. The van der Waals surface area contributed by atoms with Gasteiger partial charge in [-0.15, -0.1) is 0 Å². The fourth-order valence-electron chi connectivity index (χ4n) is 3.84. The largest absolute Gasteiger partial charge is 0.442 e. The fraction of sp³-hybridized carbons (Fsp3) is 0.611. The number of carbonyl (C=O) groups is 1. The van der Waals surface area contributed by atoms with E-state index in [1.165, 1.54) is 12.7 Å². The molecular weight excluding hydrogens is 320 g/mol. The molecule has 1 unspecified atom stereocenters. The number of furan rings is 1.